The van der Waals surface area contributed by atoms with Crippen molar-refractivity contribution in [1.29, 1.82) is 5.26 Å². The smallest absolute Gasteiger partial charge is 0.428 e. The van der Waals surface area contributed by atoms with Gasteiger partial charge in [-0.25, -0.2) is 10.2 Å². The van der Waals surface area contributed by atoms with Crippen LogP contribution in [0.4, 0.5) is 4.79 Å². The van der Waals surface area contributed by atoms with Crippen LogP contribution in [0.2, 0.25) is 0 Å². The van der Waals surface area contributed by atoms with Gasteiger partial charge in [-0.1, -0.05) is 15.9 Å². The Hall–Kier alpha value is -3.19. The first-order valence-electron chi connectivity index (χ1n) is 10.9. The predicted octanol–water partition coefficient (Wildman–Crippen LogP) is 3.93. The molecule has 0 bridgehead atoms. The molecule has 0 saturated heterocycles. The molecule has 0 unspecified atom stereocenters. The molecule has 4 rings (SSSR count). The lowest BCUT2D eigenvalue weighted by molar-refractivity contribution is 0.0154. The summed E-state index contributed by atoms with van der Waals surface area (Å²) in [5.41, 5.74) is 4.67. The Morgan fingerprint density at radius 1 is 1.39 bits per heavy atom. The molecule has 1 aliphatic heterocycles. The van der Waals surface area contributed by atoms with Crippen LogP contribution < -0.4 is 10.7 Å². The first-order chi connectivity index (χ1) is 15.8. The number of hydrogen-bond acceptors (Lipinski definition) is 6. The predicted molar refractivity (Wildman–Crippen MR) is 125 cm³/mol. The summed E-state index contributed by atoms with van der Waals surface area (Å²) in [5, 5.41) is 23.4. The van der Waals surface area contributed by atoms with Crippen LogP contribution in [0.15, 0.2) is 33.8 Å². The zero-order chi connectivity index (χ0) is 23.6. The van der Waals surface area contributed by atoms with E-state index in [0.29, 0.717) is 35.7 Å². The van der Waals surface area contributed by atoms with Crippen molar-refractivity contribution in [2.24, 2.45) is 11.0 Å². The normalized spacial score (nSPS) is 23.2. The Morgan fingerprint density at radius 2 is 2.15 bits per heavy atom. The van der Waals surface area contributed by atoms with Crippen LogP contribution in [0.25, 0.3) is 0 Å². The lowest BCUT2D eigenvalue weighted by Crippen LogP contribution is -2.52. The summed E-state index contributed by atoms with van der Waals surface area (Å²) in [6, 6.07) is 9.13. The molecule has 1 aromatic heterocycles. The van der Waals surface area contributed by atoms with Crippen molar-refractivity contribution in [2.45, 2.75) is 57.6 Å². The minimum absolute atomic E-state index is 0.0151. The molecule has 3 N–H and O–H groups in total. The van der Waals surface area contributed by atoms with Crippen molar-refractivity contribution < 1.29 is 14.3 Å². The Balaban J connectivity index is 1.44. The van der Waals surface area contributed by atoms with Gasteiger partial charge in [0.2, 0.25) is 0 Å². The van der Waals surface area contributed by atoms with Gasteiger partial charge in [-0.3, -0.25) is 9.89 Å². The summed E-state index contributed by atoms with van der Waals surface area (Å²) in [7, 11) is 0. The largest absolute Gasteiger partial charge is 0.435 e. The fraction of sp³-hybridized carbons (Fsp3) is 0.435. The summed E-state index contributed by atoms with van der Waals surface area (Å²) in [5.74, 6) is 0.179. The van der Waals surface area contributed by atoms with Gasteiger partial charge in [-0.2, -0.15) is 15.5 Å². The number of aromatic nitrogens is 2. The summed E-state index contributed by atoms with van der Waals surface area (Å²) >= 11 is 3.54. The monoisotopic (exact) mass is 512 g/mol. The molecular weight excluding hydrogens is 488 g/mol. The molecule has 2 amide bonds. The summed E-state index contributed by atoms with van der Waals surface area (Å²) in [4.78, 5) is 24.4. The van der Waals surface area contributed by atoms with Gasteiger partial charge < -0.3 is 10.1 Å². The quantitative estimate of drug-likeness (QED) is 0.557. The average Bonchev–Trinajstić information content (AvgIpc) is 3.23. The highest BCUT2D eigenvalue weighted by Gasteiger charge is 2.46. The van der Waals surface area contributed by atoms with Crippen molar-refractivity contribution >= 4 is 33.6 Å². The van der Waals surface area contributed by atoms with Gasteiger partial charge >= 0.3 is 6.09 Å². The van der Waals surface area contributed by atoms with Crippen molar-refractivity contribution in [3.63, 3.8) is 0 Å². The molecule has 2 aliphatic rings. The zero-order valence-electron chi connectivity index (χ0n) is 18.4. The number of H-pyrrole nitrogens is 1. The Kier molecular flexibility index (Phi) is 6.51. The molecule has 1 aromatic carbocycles. The number of nitrogens with one attached hydrogen (secondary N) is 3. The van der Waals surface area contributed by atoms with Gasteiger partial charge in [0.15, 0.2) is 5.60 Å². The molecule has 10 heteroatoms. The van der Waals surface area contributed by atoms with Crippen LogP contribution in [-0.4, -0.2) is 39.6 Å². The maximum atomic E-state index is 12.4. The van der Waals surface area contributed by atoms with E-state index in [-0.39, 0.29) is 11.9 Å². The van der Waals surface area contributed by atoms with Crippen molar-refractivity contribution in [3.05, 3.63) is 51.3 Å². The highest BCUT2D eigenvalue weighted by atomic mass is 79.9. The van der Waals surface area contributed by atoms with E-state index < -0.39 is 11.7 Å². The Bertz CT molecular complexity index is 1140. The molecule has 1 atom stereocenters. The van der Waals surface area contributed by atoms with E-state index in [9.17, 15) is 14.9 Å². The number of aromatic amines is 1. The van der Waals surface area contributed by atoms with E-state index in [1.165, 1.54) is 0 Å². The van der Waals surface area contributed by atoms with E-state index in [2.05, 4.69) is 48.0 Å². The van der Waals surface area contributed by atoms with Gasteiger partial charge in [0, 0.05) is 21.8 Å². The third-order valence-electron chi connectivity index (χ3n) is 6.25. The number of benzene rings is 1. The van der Waals surface area contributed by atoms with E-state index in [0.717, 1.165) is 35.0 Å². The first-order valence-corrected chi connectivity index (χ1v) is 11.7. The molecule has 172 valence electrons. The molecule has 1 saturated carbocycles. The number of hydrogen-bond donors (Lipinski definition) is 3. The second kappa shape index (κ2) is 9.35. The van der Waals surface area contributed by atoms with Crippen LogP contribution >= 0.6 is 15.9 Å². The second-order valence-electron chi connectivity index (χ2n) is 8.75. The van der Waals surface area contributed by atoms with E-state index in [1.54, 1.807) is 24.3 Å². The van der Waals surface area contributed by atoms with Crippen molar-refractivity contribution in [2.75, 3.05) is 0 Å². The van der Waals surface area contributed by atoms with Crippen LogP contribution in [0.3, 0.4) is 0 Å². The number of halogens is 1. The molecule has 1 fully saturated rings. The molecule has 9 nitrogen and oxygen atoms in total. The second-order valence-corrected chi connectivity index (χ2v) is 9.61. The third kappa shape index (κ3) is 4.93. The zero-order valence-corrected chi connectivity index (χ0v) is 20.0. The van der Waals surface area contributed by atoms with Crippen molar-refractivity contribution in [3.8, 4) is 6.07 Å². The minimum atomic E-state index is -0.839. The number of carbonyl (C=O) groups excluding carboxylic acids is 2. The molecule has 0 radical (unpaired) electrons. The average molecular weight is 513 g/mol. The lowest BCUT2D eigenvalue weighted by atomic mass is 9.72. The van der Waals surface area contributed by atoms with Crippen LogP contribution in [-0.2, 0) is 4.74 Å². The fourth-order valence-corrected chi connectivity index (χ4v) is 5.08. The number of nitrogens with zero attached hydrogens (tertiary/aromatic N) is 3. The number of rotatable bonds is 5. The summed E-state index contributed by atoms with van der Waals surface area (Å²) in [6.45, 7) is 3.84. The summed E-state index contributed by atoms with van der Waals surface area (Å²) in [6.07, 6.45) is 3.13. The number of aryl methyl sites for hydroxylation is 1. The van der Waals surface area contributed by atoms with Gasteiger partial charge in [0.05, 0.1) is 11.6 Å². The van der Waals surface area contributed by atoms with Gasteiger partial charge in [-0.15, -0.1) is 0 Å². The molecular formula is C23H25BrN6O3. The number of ether oxygens (including phenoxy) is 1. The first kappa shape index (κ1) is 23.0. The van der Waals surface area contributed by atoms with E-state index >= 15 is 0 Å². The molecule has 1 aliphatic carbocycles. The van der Waals surface area contributed by atoms with E-state index in [4.69, 9.17) is 4.74 Å². The highest BCUT2D eigenvalue weighted by Crippen LogP contribution is 2.41. The van der Waals surface area contributed by atoms with Gasteiger partial charge in [0.25, 0.3) is 5.91 Å². The van der Waals surface area contributed by atoms with Crippen LogP contribution in [0, 0.1) is 24.2 Å². The standard InChI is InChI=1S/C23H25BrN6O3/c1-13(26-21(31)19-10-14(2)27-28-19)9-15-5-7-23(8-6-15)20(29-30-22(32)33-23)17-11-16(12-25)3-4-18(17)24/h3-4,10-11,13,15H,5-9H2,1-2H3,(H,26,31)(H,27,28)(H,30,32)/t13-,15?,23?/m0/s1. The lowest BCUT2D eigenvalue weighted by Gasteiger charge is -2.42. The molecule has 2 aromatic rings. The van der Waals surface area contributed by atoms with Gasteiger partial charge in [-0.05, 0) is 76.1 Å². The number of amides is 2. The molecule has 33 heavy (non-hydrogen) atoms. The maximum absolute atomic E-state index is 12.4. The molecule has 2 heterocycles. The Morgan fingerprint density at radius 3 is 2.82 bits per heavy atom. The fourth-order valence-electron chi connectivity index (χ4n) is 4.64. The van der Waals surface area contributed by atoms with Crippen LogP contribution in [0.5, 0.6) is 0 Å². The third-order valence-corrected chi connectivity index (χ3v) is 6.94. The van der Waals surface area contributed by atoms with E-state index in [1.807, 2.05) is 13.8 Å². The van der Waals surface area contributed by atoms with Gasteiger partial charge in [0.1, 0.15) is 11.4 Å². The number of hydrazone groups is 1. The van der Waals surface area contributed by atoms with Crippen molar-refractivity contribution in [1.82, 2.24) is 20.9 Å². The maximum Gasteiger partial charge on any atom is 0.428 e. The number of carbonyl (C=O) groups is 2. The Labute approximate surface area is 200 Å². The van der Waals surface area contributed by atoms with Crippen LogP contribution in [0.1, 0.15) is 66.3 Å². The molecule has 1 spiro atoms. The number of nitriles is 1. The SMILES string of the molecule is Cc1cc(C(=O)N[C@@H](C)CC2CCC3(CC2)OC(=O)NN=C3c2cc(C#N)ccc2Br)n[nH]1. The minimum Gasteiger partial charge on any atom is -0.435 e. The topological polar surface area (TPSA) is 132 Å². The highest BCUT2D eigenvalue weighted by molar-refractivity contribution is 9.10. The summed E-state index contributed by atoms with van der Waals surface area (Å²) < 4.78 is 6.61.